The van der Waals surface area contributed by atoms with Gasteiger partial charge in [0.2, 0.25) is 0 Å². The number of H-pyrrole nitrogens is 1. The highest BCUT2D eigenvalue weighted by molar-refractivity contribution is 5.98. The average molecular weight is 336 g/mol. The molecule has 0 saturated heterocycles. The molecule has 5 nitrogen and oxygen atoms in total. The molecule has 1 heterocycles. The number of amides is 1. The summed E-state index contributed by atoms with van der Waals surface area (Å²) in [6.07, 6.45) is 1.68. The number of carbonyl (C=O) groups is 1. The number of nitrogens with two attached hydrogens (primary N) is 2. The zero-order chi connectivity index (χ0) is 17.6. The molecule has 0 fully saturated rings. The minimum absolute atomic E-state index is 0.0680. The summed E-state index contributed by atoms with van der Waals surface area (Å²) in [6.45, 7) is 1.07. The first kappa shape index (κ1) is 17.2. The Kier molecular flexibility index (Phi) is 5.48. The highest BCUT2D eigenvalue weighted by atomic mass is 16.1. The summed E-state index contributed by atoms with van der Waals surface area (Å²) >= 11 is 0. The van der Waals surface area contributed by atoms with Crippen molar-refractivity contribution in [2.45, 2.75) is 18.9 Å². The van der Waals surface area contributed by atoms with E-state index in [2.05, 4.69) is 34.6 Å². The van der Waals surface area contributed by atoms with Gasteiger partial charge >= 0.3 is 0 Å². The van der Waals surface area contributed by atoms with Crippen LogP contribution in [0.4, 0.5) is 0 Å². The molecule has 25 heavy (non-hydrogen) atoms. The second kappa shape index (κ2) is 7.96. The number of carbonyl (C=O) groups excluding carboxylic acids is 1. The number of benzene rings is 2. The molecule has 1 amide bonds. The Labute approximate surface area is 147 Å². The molecule has 1 unspecified atom stereocenters. The van der Waals surface area contributed by atoms with Crippen molar-refractivity contribution in [3.05, 3.63) is 60.3 Å². The van der Waals surface area contributed by atoms with Crippen LogP contribution in [0, 0.1) is 0 Å². The molecule has 0 spiro atoms. The highest BCUT2D eigenvalue weighted by Crippen LogP contribution is 2.24. The van der Waals surface area contributed by atoms with Crippen LogP contribution in [0.2, 0.25) is 0 Å². The highest BCUT2D eigenvalue weighted by Gasteiger charge is 2.11. The van der Waals surface area contributed by atoms with E-state index in [1.165, 1.54) is 0 Å². The lowest BCUT2D eigenvalue weighted by Gasteiger charge is -2.11. The molecular weight excluding hydrogens is 312 g/mol. The van der Waals surface area contributed by atoms with Gasteiger partial charge in [0.05, 0.1) is 0 Å². The van der Waals surface area contributed by atoms with E-state index in [9.17, 15) is 4.79 Å². The normalized spacial score (nSPS) is 12.2. The van der Waals surface area contributed by atoms with E-state index in [0.29, 0.717) is 18.8 Å². The van der Waals surface area contributed by atoms with Gasteiger partial charge in [-0.3, -0.25) is 4.79 Å². The number of aromatic nitrogens is 1. The summed E-state index contributed by atoms with van der Waals surface area (Å²) in [5.74, 6) is -0.138. The predicted molar refractivity (Wildman–Crippen MR) is 102 cm³/mol. The molecular formula is C20H24N4O. The molecule has 0 aliphatic heterocycles. The minimum Gasteiger partial charge on any atom is -0.351 e. The zero-order valence-corrected chi connectivity index (χ0v) is 14.2. The molecule has 0 saturated carbocycles. The van der Waals surface area contributed by atoms with Gasteiger partial charge in [-0.15, -0.1) is 0 Å². The first-order valence-corrected chi connectivity index (χ1v) is 8.59. The maximum Gasteiger partial charge on any atom is 0.267 e. The summed E-state index contributed by atoms with van der Waals surface area (Å²) in [5, 5.41) is 3.89. The molecule has 1 atom stereocenters. The fraction of sp³-hybridized carbons (Fsp3) is 0.250. The molecule has 2 aromatic carbocycles. The fourth-order valence-corrected chi connectivity index (χ4v) is 2.86. The van der Waals surface area contributed by atoms with Gasteiger partial charge in [0.1, 0.15) is 5.69 Å². The monoisotopic (exact) mass is 336 g/mol. The van der Waals surface area contributed by atoms with E-state index in [1.807, 2.05) is 30.3 Å². The van der Waals surface area contributed by atoms with Gasteiger partial charge in [-0.1, -0.05) is 42.5 Å². The van der Waals surface area contributed by atoms with Gasteiger partial charge in [-0.25, -0.2) is 0 Å². The lowest BCUT2D eigenvalue weighted by Crippen LogP contribution is -2.37. The van der Waals surface area contributed by atoms with Crippen molar-refractivity contribution in [2.75, 3.05) is 13.1 Å². The van der Waals surface area contributed by atoms with Crippen LogP contribution in [0.1, 0.15) is 23.3 Å². The number of hydrogen-bond acceptors (Lipinski definition) is 3. The van der Waals surface area contributed by atoms with E-state index in [-0.39, 0.29) is 11.9 Å². The quantitative estimate of drug-likeness (QED) is 0.534. The van der Waals surface area contributed by atoms with Gasteiger partial charge in [0.15, 0.2) is 0 Å². The lowest BCUT2D eigenvalue weighted by molar-refractivity contribution is 0.0946. The van der Waals surface area contributed by atoms with Crippen LogP contribution in [0.15, 0.2) is 54.6 Å². The molecule has 6 N–H and O–H groups in total. The summed E-state index contributed by atoms with van der Waals surface area (Å²) in [7, 11) is 0. The van der Waals surface area contributed by atoms with Crippen LogP contribution in [0.3, 0.4) is 0 Å². The van der Waals surface area contributed by atoms with Gasteiger partial charge in [0.25, 0.3) is 5.91 Å². The molecule has 0 bridgehead atoms. The molecule has 5 heteroatoms. The third-order valence-electron chi connectivity index (χ3n) is 4.28. The van der Waals surface area contributed by atoms with Crippen LogP contribution in [0.25, 0.3) is 22.0 Å². The zero-order valence-electron chi connectivity index (χ0n) is 14.2. The van der Waals surface area contributed by atoms with Gasteiger partial charge in [-0.05, 0) is 42.6 Å². The predicted octanol–water partition coefficient (Wildman–Crippen LogP) is 2.63. The van der Waals surface area contributed by atoms with Crippen LogP contribution in [-0.2, 0) is 0 Å². The lowest BCUT2D eigenvalue weighted by atomic mass is 10.0. The van der Waals surface area contributed by atoms with Crippen molar-refractivity contribution < 1.29 is 4.79 Å². The molecule has 0 aliphatic rings. The number of rotatable bonds is 7. The second-order valence-corrected chi connectivity index (χ2v) is 6.25. The van der Waals surface area contributed by atoms with E-state index >= 15 is 0 Å². The molecule has 1 aromatic heterocycles. The average Bonchev–Trinajstić information content (AvgIpc) is 3.08. The fourth-order valence-electron chi connectivity index (χ4n) is 2.86. The van der Waals surface area contributed by atoms with Crippen LogP contribution in [-0.4, -0.2) is 30.0 Å². The SMILES string of the molecule is NCCCC(N)CNC(=O)c1cc2ccc(-c3ccccc3)cc2[nH]1. The molecule has 0 radical (unpaired) electrons. The maximum atomic E-state index is 12.3. The third-order valence-corrected chi connectivity index (χ3v) is 4.28. The topological polar surface area (TPSA) is 96.9 Å². The van der Waals surface area contributed by atoms with Gasteiger partial charge in [-0.2, -0.15) is 0 Å². The van der Waals surface area contributed by atoms with Crippen LogP contribution < -0.4 is 16.8 Å². The van der Waals surface area contributed by atoms with E-state index < -0.39 is 0 Å². The largest absolute Gasteiger partial charge is 0.351 e. The summed E-state index contributed by atoms with van der Waals surface area (Å²) in [6, 6.07) is 18.1. The Morgan fingerprint density at radius 3 is 2.64 bits per heavy atom. The molecule has 130 valence electrons. The number of hydrogen-bond donors (Lipinski definition) is 4. The van der Waals surface area contributed by atoms with Gasteiger partial charge < -0.3 is 21.8 Å². The number of fused-ring (bicyclic) bond motifs is 1. The van der Waals surface area contributed by atoms with Crippen LogP contribution in [0.5, 0.6) is 0 Å². The van der Waals surface area contributed by atoms with Crippen molar-refractivity contribution in [1.82, 2.24) is 10.3 Å². The Bertz CT molecular complexity index is 841. The van der Waals surface area contributed by atoms with E-state index in [0.717, 1.165) is 34.9 Å². The Balaban J connectivity index is 1.71. The van der Waals surface area contributed by atoms with Crippen molar-refractivity contribution >= 4 is 16.8 Å². The molecule has 3 aromatic rings. The summed E-state index contributed by atoms with van der Waals surface area (Å²) in [4.78, 5) is 15.5. The van der Waals surface area contributed by atoms with Crippen molar-refractivity contribution in [2.24, 2.45) is 11.5 Å². The molecule has 3 rings (SSSR count). The van der Waals surface area contributed by atoms with Crippen molar-refractivity contribution in [1.29, 1.82) is 0 Å². The van der Waals surface area contributed by atoms with E-state index in [4.69, 9.17) is 11.5 Å². The van der Waals surface area contributed by atoms with Crippen LogP contribution >= 0.6 is 0 Å². The smallest absolute Gasteiger partial charge is 0.267 e. The second-order valence-electron chi connectivity index (χ2n) is 6.25. The third kappa shape index (κ3) is 4.26. The van der Waals surface area contributed by atoms with Crippen molar-refractivity contribution in [3.8, 4) is 11.1 Å². The van der Waals surface area contributed by atoms with Gasteiger partial charge in [0, 0.05) is 23.5 Å². The first-order valence-electron chi connectivity index (χ1n) is 8.59. The Hall–Kier alpha value is -2.63. The van der Waals surface area contributed by atoms with Crippen molar-refractivity contribution in [3.63, 3.8) is 0 Å². The first-order chi connectivity index (χ1) is 12.2. The molecule has 0 aliphatic carbocycles. The number of nitrogens with one attached hydrogen (secondary N) is 2. The Morgan fingerprint density at radius 1 is 1.08 bits per heavy atom. The number of aromatic amines is 1. The minimum atomic E-state index is -0.138. The summed E-state index contributed by atoms with van der Waals surface area (Å²) in [5.41, 5.74) is 15.2. The maximum absolute atomic E-state index is 12.3. The Morgan fingerprint density at radius 2 is 1.88 bits per heavy atom. The summed E-state index contributed by atoms with van der Waals surface area (Å²) < 4.78 is 0. The van der Waals surface area contributed by atoms with E-state index in [1.54, 1.807) is 0 Å². The standard InChI is InChI=1S/C20H24N4O/c21-10-4-7-17(22)13-23-20(25)19-12-16-9-8-15(11-18(16)24-19)14-5-2-1-3-6-14/h1-3,5-6,8-9,11-12,17,24H,4,7,10,13,21-22H2,(H,23,25).